The predicted octanol–water partition coefficient (Wildman–Crippen LogP) is 12.1. The van der Waals surface area contributed by atoms with Crippen LogP contribution in [-0.4, -0.2) is 4.57 Å². The minimum atomic E-state index is 1.11. The van der Waals surface area contributed by atoms with Crippen molar-refractivity contribution < 1.29 is 0 Å². The fraction of sp³-hybridized carbons (Fsp3) is 0. The number of hydrogen-bond acceptors (Lipinski definition) is 1. The van der Waals surface area contributed by atoms with Gasteiger partial charge in [-0.05, 0) is 99.4 Å². The Morgan fingerprint density at radius 1 is 0.304 bits per heavy atom. The van der Waals surface area contributed by atoms with Crippen molar-refractivity contribution in [2.75, 3.05) is 4.90 Å². The Bertz CT molecular complexity index is 2110. The van der Waals surface area contributed by atoms with Crippen molar-refractivity contribution in [3.8, 4) is 39.1 Å². The van der Waals surface area contributed by atoms with Crippen molar-refractivity contribution in [1.29, 1.82) is 0 Å². The molecule has 0 bridgehead atoms. The predicted molar refractivity (Wildman–Crippen MR) is 194 cm³/mol. The highest BCUT2D eigenvalue weighted by molar-refractivity contribution is 5.83. The Hall–Kier alpha value is -6.12. The summed E-state index contributed by atoms with van der Waals surface area (Å²) in [4.78, 5) is 2.33. The molecule has 0 aliphatic carbocycles. The molecule has 218 valence electrons. The van der Waals surface area contributed by atoms with Crippen LogP contribution < -0.4 is 4.90 Å². The molecular formula is C44H32N2. The van der Waals surface area contributed by atoms with Gasteiger partial charge in [-0.25, -0.2) is 0 Å². The van der Waals surface area contributed by atoms with Gasteiger partial charge >= 0.3 is 0 Å². The second-order valence-electron chi connectivity index (χ2n) is 11.5. The first-order chi connectivity index (χ1) is 22.8. The number of nitrogens with zero attached hydrogens (tertiary/aromatic N) is 2. The monoisotopic (exact) mass is 588 g/mol. The van der Waals surface area contributed by atoms with E-state index >= 15 is 0 Å². The Morgan fingerprint density at radius 2 is 0.674 bits per heavy atom. The van der Waals surface area contributed by atoms with Crippen molar-refractivity contribution in [3.05, 3.63) is 194 Å². The molecule has 0 radical (unpaired) electrons. The summed E-state index contributed by atoms with van der Waals surface area (Å²) < 4.78 is 2.24. The highest BCUT2D eigenvalue weighted by Gasteiger charge is 2.14. The molecule has 0 fully saturated rings. The van der Waals surface area contributed by atoms with Gasteiger partial charge in [0.25, 0.3) is 0 Å². The van der Waals surface area contributed by atoms with E-state index in [2.05, 4.69) is 204 Å². The van der Waals surface area contributed by atoms with Crippen LogP contribution in [0.15, 0.2) is 194 Å². The summed E-state index contributed by atoms with van der Waals surface area (Å²) in [7, 11) is 0. The average molecular weight is 589 g/mol. The number of benzene rings is 7. The van der Waals surface area contributed by atoms with E-state index in [1.807, 2.05) is 0 Å². The standard InChI is InChI=1S/C44H32N2/c1-3-9-33(10-4-1)35-17-25-41(26-18-35)46(42-27-19-36(20-28-42)34-11-5-2-6-12-34)43-29-21-38(22-30-43)37-15-23-40(24-16-37)45-32-31-39-13-7-8-14-44(39)45/h1-32H. The van der Waals surface area contributed by atoms with Crippen molar-refractivity contribution in [2.45, 2.75) is 0 Å². The van der Waals surface area contributed by atoms with Gasteiger partial charge in [0.05, 0.1) is 5.52 Å². The van der Waals surface area contributed by atoms with Crippen LogP contribution in [0.5, 0.6) is 0 Å². The van der Waals surface area contributed by atoms with Crippen LogP contribution in [0, 0.1) is 0 Å². The van der Waals surface area contributed by atoms with Gasteiger partial charge in [0.2, 0.25) is 0 Å². The van der Waals surface area contributed by atoms with Gasteiger partial charge < -0.3 is 9.47 Å². The zero-order valence-electron chi connectivity index (χ0n) is 25.4. The largest absolute Gasteiger partial charge is 0.317 e. The maximum Gasteiger partial charge on any atom is 0.0528 e. The van der Waals surface area contributed by atoms with Crippen molar-refractivity contribution in [2.24, 2.45) is 0 Å². The van der Waals surface area contributed by atoms with Gasteiger partial charge in [-0.1, -0.05) is 127 Å². The van der Waals surface area contributed by atoms with E-state index in [1.54, 1.807) is 0 Å². The highest BCUT2D eigenvalue weighted by Crippen LogP contribution is 2.37. The fourth-order valence-electron chi connectivity index (χ4n) is 6.24. The summed E-state index contributed by atoms with van der Waals surface area (Å²) in [5, 5.41) is 1.25. The molecule has 0 unspecified atom stereocenters. The van der Waals surface area contributed by atoms with Gasteiger partial charge in [0.1, 0.15) is 0 Å². The summed E-state index contributed by atoms with van der Waals surface area (Å²) in [6.45, 7) is 0. The Morgan fingerprint density at radius 3 is 1.13 bits per heavy atom. The smallest absolute Gasteiger partial charge is 0.0528 e. The molecule has 0 amide bonds. The topological polar surface area (TPSA) is 8.17 Å². The van der Waals surface area contributed by atoms with E-state index in [-0.39, 0.29) is 0 Å². The first-order valence-corrected chi connectivity index (χ1v) is 15.7. The molecule has 46 heavy (non-hydrogen) atoms. The lowest BCUT2D eigenvalue weighted by molar-refractivity contribution is 1.13. The molecule has 0 aliphatic rings. The fourth-order valence-corrected chi connectivity index (χ4v) is 6.24. The quantitative estimate of drug-likeness (QED) is 0.180. The Kier molecular flexibility index (Phi) is 7.22. The van der Waals surface area contributed by atoms with Crippen LogP contribution in [0.3, 0.4) is 0 Å². The highest BCUT2D eigenvalue weighted by atomic mass is 15.1. The SMILES string of the molecule is c1ccc(-c2ccc(N(c3ccc(-c4ccccc4)cc3)c3ccc(-c4ccc(-n5ccc6ccccc65)cc4)cc3)cc2)cc1. The van der Waals surface area contributed by atoms with Crippen LogP contribution in [-0.2, 0) is 0 Å². The first-order valence-electron chi connectivity index (χ1n) is 15.7. The molecule has 0 atom stereocenters. The summed E-state index contributed by atoms with van der Waals surface area (Å²) >= 11 is 0. The molecule has 1 heterocycles. The number of hydrogen-bond donors (Lipinski definition) is 0. The summed E-state index contributed by atoms with van der Waals surface area (Å²) in [5.74, 6) is 0. The molecule has 1 aromatic heterocycles. The second kappa shape index (κ2) is 12.1. The Balaban J connectivity index is 1.12. The number of rotatable bonds is 7. The van der Waals surface area contributed by atoms with Gasteiger partial charge in [-0.2, -0.15) is 0 Å². The third-order valence-electron chi connectivity index (χ3n) is 8.67. The number of anilines is 3. The molecule has 8 rings (SSSR count). The maximum atomic E-state index is 2.33. The second-order valence-corrected chi connectivity index (χ2v) is 11.5. The first kappa shape index (κ1) is 27.4. The van der Waals surface area contributed by atoms with Gasteiger partial charge in [-0.15, -0.1) is 0 Å². The summed E-state index contributed by atoms with van der Waals surface area (Å²) in [6, 6.07) is 67.1. The van der Waals surface area contributed by atoms with E-state index in [0.29, 0.717) is 0 Å². The lowest BCUT2D eigenvalue weighted by Crippen LogP contribution is -2.09. The van der Waals surface area contributed by atoms with E-state index in [0.717, 1.165) is 22.7 Å². The molecular weight excluding hydrogens is 556 g/mol. The van der Waals surface area contributed by atoms with E-state index < -0.39 is 0 Å². The van der Waals surface area contributed by atoms with Gasteiger partial charge in [0, 0.05) is 28.9 Å². The molecule has 0 spiro atoms. The van der Waals surface area contributed by atoms with Crippen LogP contribution in [0.1, 0.15) is 0 Å². The van der Waals surface area contributed by atoms with Gasteiger partial charge in [0.15, 0.2) is 0 Å². The molecule has 7 aromatic carbocycles. The van der Waals surface area contributed by atoms with Crippen molar-refractivity contribution >= 4 is 28.0 Å². The zero-order chi connectivity index (χ0) is 30.7. The van der Waals surface area contributed by atoms with Crippen molar-refractivity contribution in [3.63, 3.8) is 0 Å². The molecule has 0 saturated heterocycles. The van der Waals surface area contributed by atoms with E-state index in [1.165, 1.54) is 44.3 Å². The van der Waals surface area contributed by atoms with E-state index in [4.69, 9.17) is 0 Å². The molecule has 0 aliphatic heterocycles. The third-order valence-corrected chi connectivity index (χ3v) is 8.67. The molecule has 2 nitrogen and oxygen atoms in total. The molecule has 2 heteroatoms. The maximum absolute atomic E-state index is 2.33. The minimum Gasteiger partial charge on any atom is -0.317 e. The van der Waals surface area contributed by atoms with Crippen LogP contribution in [0.25, 0.3) is 50.0 Å². The average Bonchev–Trinajstić information content (AvgIpc) is 3.58. The van der Waals surface area contributed by atoms with Crippen LogP contribution in [0.4, 0.5) is 17.1 Å². The zero-order valence-corrected chi connectivity index (χ0v) is 25.4. The lowest BCUT2D eigenvalue weighted by atomic mass is 10.0. The number of fused-ring (bicyclic) bond motifs is 1. The molecule has 0 saturated carbocycles. The van der Waals surface area contributed by atoms with Crippen LogP contribution in [0.2, 0.25) is 0 Å². The molecule has 0 N–H and O–H groups in total. The third kappa shape index (κ3) is 5.38. The van der Waals surface area contributed by atoms with Crippen LogP contribution >= 0.6 is 0 Å². The van der Waals surface area contributed by atoms with Gasteiger partial charge in [-0.3, -0.25) is 0 Å². The van der Waals surface area contributed by atoms with E-state index in [9.17, 15) is 0 Å². The molecule has 8 aromatic rings. The number of para-hydroxylation sites is 1. The number of aromatic nitrogens is 1. The normalized spacial score (nSPS) is 11.0. The summed E-state index contributed by atoms with van der Waals surface area (Å²) in [5.41, 5.74) is 12.9. The summed E-state index contributed by atoms with van der Waals surface area (Å²) in [6.07, 6.45) is 2.14. The Labute approximate surface area is 270 Å². The lowest BCUT2D eigenvalue weighted by Gasteiger charge is -2.26. The van der Waals surface area contributed by atoms with Crippen molar-refractivity contribution in [1.82, 2.24) is 4.57 Å². The minimum absolute atomic E-state index is 1.11.